The van der Waals surface area contributed by atoms with E-state index in [2.05, 4.69) is 4.79 Å². The van der Waals surface area contributed by atoms with Gasteiger partial charge in [0.05, 0.1) is 10.5 Å². The van der Waals surface area contributed by atoms with E-state index in [4.69, 9.17) is 5.53 Å². The van der Waals surface area contributed by atoms with E-state index >= 15 is 0 Å². The first-order valence-corrected chi connectivity index (χ1v) is 10.7. The molecule has 2 saturated carbocycles. The van der Waals surface area contributed by atoms with Gasteiger partial charge in [0.15, 0.2) is 0 Å². The van der Waals surface area contributed by atoms with Crippen molar-refractivity contribution in [2.45, 2.75) is 74.7 Å². The van der Waals surface area contributed by atoms with E-state index in [0.29, 0.717) is 25.7 Å². The lowest BCUT2D eigenvalue weighted by molar-refractivity contribution is 0.00360. The van der Waals surface area contributed by atoms with Crippen molar-refractivity contribution in [3.05, 3.63) is 5.53 Å². The van der Waals surface area contributed by atoms with E-state index in [-0.39, 0.29) is 4.70 Å². The van der Waals surface area contributed by atoms with Gasteiger partial charge in [-0.15, -0.1) is 4.79 Å². The molecule has 22 heavy (non-hydrogen) atoms. The molecule has 0 aromatic carbocycles. The highest BCUT2D eigenvalue weighted by Crippen LogP contribution is 2.30. The number of halogens is 1. The first-order valence-electron chi connectivity index (χ1n) is 7.60. The molecule has 0 amide bonds. The summed E-state index contributed by atoms with van der Waals surface area (Å²) in [7, 11) is -8.14. The van der Waals surface area contributed by atoms with Crippen LogP contribution in [0, 0.1) is 0 Å². The van der Waals surface area contributed by atoms with Crippen LogP contribution in [0.1, 0.15) is 64.2 Å². The maximum absolute atomic E-state index is 12.5. The maximum Gasteiger partial charge on any atom is 0.495 e. The minimum absolute atomic E-state index is 0. The normalized spacial score (nSPS) is 21.6. The SMILES string of the molecule is F.[N-]=[N+]=C(S(=O)(=O)C1CCCCC1)S(=O)(=O)C1CCCCC1. The summed E-state index contributed by atoms with van der Waals surface area (Å²) >= 11 is 0. The minimum atomic E-state index is -4.07. The van der Waals surface area contributed by atoms with Gasteiger partial charge >= 0.3 is 4.38 Å². The number of nitrogens with zero attached hydrogens (tertiary/aromatic N) is 2. The van der Waals surface area contributed by atoms with Gasteiger partial charge in [0, 0.05) is 0 Å². The highest BCUT2D eigenvalue weighted by atomic mass is 32.3. The van der Waals surface area contributed by atoms with Crippen LogP contribution in [0.25, 0.3) is 5.53 Å². The second-order valence-electron chi connectivity index (χ2n) is 5.98. The zero-order valence-electron chi connectivity index (χ0n) is 12.5. The smallest absolute Gasteiger partial charge is 0.359 e. The predicted molar refractivity (Wildman–Crippen MR) is 82.7 cm³/mol. The molecule has 2 aliphatic rings. The molecule has 0 aromatic heterocycles. The fraction of sp³-hybridized carbons (Fsp3) is 0.923. The van der Waals surface area contributed by atoms with Crippen LogP contribution in [0.2, 0.25) is 0 Å². The van der Waals surface area contributed by atoms with Gasteiger partial charge in [0.25, 0.3) is 19.7 Å². The highest BCUT2D eigenvalue weighted by Gasteiger charge is 2.49. The zero-order valence-corrected chi connectivity index (χ0v) is 14.1. The first kappa shape index (κ1) is 19.3. The predicted octanol–water partition coefficient (Wildman–Crippen LogP) is 2.22. The Labute approximate surface area is 131 Å². The van der Waals surface area contributed by atoms with Crippen molar-refractivity contribution in [3.8, 4) is 0 Å². The molecular formula is C13H23FN2O4S2. The van der Waals surface area contributed by atoms with Gasteiger partial charge in [-0.1, -0.05) is 38.5 Å². The van der Waals surface area contributed by atoms with Gasteiger partial charge in [0.2, 0.25) is 0 Å². The van der Waals surface area contributed by atoms with Crippen molar-refractivity contribution < 1.29 is 26.3 Å². The fourth-order valence-electron chi connectivity index (χ4n) is 3.31. The Balaban J connectivity index is 0.00000242. The molecule has 2 rings (SSSR count). The Morgan fingerprint density at radius 3 is 1.32 bits per heavy atom. The lowest BCUT2D eigenvalue weighted by Gasteiger charge is -2.22. The van der Waals surface area contributed by atoms with Crippen LogP contribution in [0.5, 0.6) is 0 Å². The van der Waals surface area contributed by atoms with E-state index in [0.717, 1.165) is 38.5 Å². The van der Waals surface area contributed by atoms with Gasteiger partial charge in [-0.2, -0.15) is 0 Å². The molecule has 0 N–H and O–H groups in total. The topological polar surface area (TPSA) is 105 Å². The third-order valence-corrected chi connectivity index (χ3v) is 9.78. The average molecular weight is 354 g/mol. The van der Waals surface area contributed by atoms with Crippen molar-refractivity contribution in [1.82, 2.24) is 0 Å². The van der Waals surface area contributed by atoms with Gasteiger partial charge in [-0.05, 0) is 25.7 Å². The lowest BCUT2D eigenvalue weighted by Crippen LogP contribution is -2.40. The summed E-state index contributed by atoms with van der Waals surface area (Å²) in [4.78, 5) is 2.72. The van der Waals surface area contributed by atoms with E-state index < -0.39 is 34.6 Å². The lowest BCUT2D eigenvalue weighted by atomic mass is 10.0. The van der Waals surface area contributed by atoms with Crippen LogP contribution in [0.4, 0.5) is 4.70 Å². The Morgan fingerprint density at radius 1 is 0.727 bits per heavy atom. The summed E-state index contributed by atoms with van der Waals surface area (Å²) in [5, 5.41) is -1.45. The van der Waals surface area contributed by atoms with Crippen molar-refractivity contribution in [2.24, 2.45) is 0 Å². The summed E-state index contributed by atoms with van der Waals surface area (Å²) < 4.78 is 49.2. The summed E-state index contributed by atoms with van der Waals surface area (Å²) in [5.74, 6) is 0. The molecule has 2 aliphatic carbocycles. The van der Waals surface area contributed by atoms with Crippen molar-refractivity contribution in [3.63, 3.8) is 0 Å². The molecule has 128 valence electrons. The fourth-order valence-corrected chi connectivity index (χ4v) is 8.13. The van der Waals surface area contributed by atoms with Crippen molar-refractivity contribution in [2.75, 3.05) is 0 Å². The average Bonchev–Trinajstić information content (AvgIpc) is 2.49. The van der Waals surface area contributed by atoms with Crippen LogP contribution in [0.3, 0.4) is 0 Å². The minimum Gasteiger partial charge on any atom is -0.359 e. The number of hydrogen-bond acceptors (Lipinski definition) is 4. The summed E-state index contributed by atoms with van der Waals surface area (Å²) in [6.45, 7) is 0. The van der Waals surface area contributed by atoms with Gasteiger partial charge in [0.1, 0.15) is 0 Å². The number of sulfone groups is 2. The maximum atomic E-state index is 12.5. The Morgan fingerprint density at radius 2 is 1.05 bits per heavy atom. The van der Waals surface area contributed by atoms with Crippen LogP contribution in [-0.4, -0.2) is 36.5 Å². The molecule has 0 atom stereocenters. The largest absolute Gasteiger partial charge is 0.495 e. The monoisotopic (exact) mass is 354 g/mol. The van der Waals surface area contributed by atoms with E-state index in [1.54, 1.807) is 0 Å². The van der Waals surface area contributed by atoms with Crippen LogP contribution in [0.15, 0.2) is 0 Å². The van der Waals surface area contributed by atoms with Gasteiger partial charge in [-0.25, -0.2) is 16.8 Å². The molecule has 6 nitrogen and oxygen atoms in total. The molecule has 0 unspecified atom stereocenters. The van der Waals surface area contributed by atoms with E-state index in [1.165, 1.54) is 0 Å². The molecule has 0 aromatic rings. The quantitative estimate of drug-likeness (QED) is 0.328. The Bertz CT molecular complexity index is 577. The van der Waals surface area contributed by atoms with Gasteiger partial charge < -0.3 is 5.53 Å². The van der Waals surface area contributed by atoms with Gasteiger partial charge in [-0.3, -0.25) is 4.70 Å². The second-order valence-corrected chi connectivity index (χ2v) is 10.5. The first-order chi connectivity index (χ1) is 9.90. The summed E-state index contributed by atoms with van der Waals surface area (Å²) in [6.07, 6.45) is 6.79. The number of rotatable bonds is 2. The van der Waals surface area contributed by atoms with Crippen LogP contribution < -0.4 is 0 Å². The standard InChI is InChI=1S/C13H22N2O4S2.FH/c14-15-13(20(16,17)11-7-3-1-4-8-11)21(18,19)12-9-5-2-6-10-12;/h11-12H,1-10H2;1H. The molecule has 0 saturated heterocycles. The molecule has 9 heteroatoms. The number of hydrogen-bond donors (Lipinski definition) is 0. The second kappa shape index (κ2) is 7.66. The zero-order chi connectivity index (χ0) is 15.5. The van der Waals surface area contributed by atoms with Crippen LogP contribution in [-0.2, 0) is 19.7 Å². The molecule has 0 radical (unpaired) electrons. The third-order valence-electron chi connectivity index (χ3n) is 4.55. The summed E-state index contributed by atoms with van der Waals surface area (Å²) in [6, 6.07) is 0. The Hall–Kier alpha value is -0.790. The van der Waals surface area contributed by atoms with Crippen LogP contribution >= 0.6 is 0 Å². The molecular weight excluding hydrogens is 331 g/mol. The highest BCUT2D eigenvalue weighted by molar-refractivity contribution is 8.31. The third kappa shape index (κ3) is 3.75. The summed E-state index contributed by atoms with van der Waals surface area (Å²) in [5.41, 5.74) is 9.09. The van der Waals surface area contributed by atoms with E-state index in [9.17, 15) is 16.8 Å². The van der Waals surface area contributed by atoms with E-state index in [1.807, 2.05) is 0 Å². The molecule has 0 spiro atoms. The van der Waals surface area contributed by atoms with Crippen molar-refractivity contribution >= 4 is 24.1 Å². The molecule has 0 heterocycles. The molecule has 2 fully saturated rings. The Kier molecular flexibility index (Phi) is 6.70. The van der Waals surface area contributed by atoms with Crippen molar-refractivity contribution in [1.29, 1.82) is 0 Å². The molecule has 0 aliphatic heterocycles. The molecule has 0 bridgehead atoms.